The molecule has 0 spiro atoms. The average Bonchev–Trinajstić information content (AvgIpc) is 3.59. The molecular formula is C22H17ClN6O3. The molecule has 1 aliphatic heterocycles. The molecule has 1 saturated heterocycles. The van der Waals surface area contributed by atoms with Crippen molar-refractivity contribution in [3.05, 3.63) is 71.3 Å². The van der Waals surface area contributed by atoms with Gasteiger partial charge in [0, 0.05) is 37.4 Å². The molecule has 1 aliphatic rings. The van der Waals surface area contributed by atoms with Crippen molar-refractivity contribution in [3.8, 4) is 23.4 Å². The van der Waals surface area contributed by atoms with Gasteiger partial charge in [0.05, 0.1) is 12.0 Å². The molecule has 1 fully saturated rings. The third kappa shape index (κ3) is 3.72. The summed E-state index contributed by atoms with van der Waals surface area (Å²) in [6.07, 6.45) is 3.25. The Bertz CT molecular complexity index is 1300. The highest BCUT2D eigenvalue weighted by Gasteiger charge is 2.28. The van der Waals surface area contributed by atoms with Gasteiger partial charge in [-0.15, -0.1) is 0 Å². The monoisotopic (exact) mass is 448 g/mol. The third-order valence-electron chi connectivity index (χ3n) is 5.18. The van der Waals surface area contributed by atoms with Crippen LogP contribution in [0.1, 0.15) is 16.2 Å². The maximum atomic E-state index is 12.9. The lowest BCUT2D eigenvalue weighted by molar-refractivity contribution is 0.0739. The van der Waals surface area contributed by atoms with E-state index in [0.717, 1.165) is 5.69 Å². The zero-order chi connectivity index (χ0) is 22.1. The van der Waals surface area contributed by atoms with Gasteiger partial charge in [-0.2, -0.15) is 15.3 Å². The van der Waals surface area contributed by atoms with Crippen molar-refractivity contribution >= 4 is 23.4 Å². The highest BCUT2D eigenvalue weighted by atomic mass is 35.5. The topological polar surface area (TPSA) is 104 Å². The van der Waals surface area contributed by atoms with Crippen molar-refractivity contribution in [2.75, 3.05) is 31.1 Å². The van der Waals surface area contributed by atoms with Gasteiger partial charge in [-0.25, -0.2) is 4.68 Å². The molecule has 160 valence electrons. The molecule has 0 saturated carbocycles. The summed E-state index contributed by atoms with van der Waals surface area (Å²) in [6.45, 7) is 1.93. The molecule has 9 nitrogen and oxygen atoms in total. The van der Waals surface area contributed by atoms with E-state index in [4.69, 9.17) is 20.4 Å². The van der Waals surface area contributed by atoms with E-state index in [1.54, 1.807) is 46.1 Å². The van der Waals surface area contributed by atoms with E-state index in [2.05, 4.69) is 16.2 Å². The first-order chi connectivity index (χ1) is 15.6. The van der Waals surface area contributed by atoms with Gasteiger partial charge in [0.25, 0.3) is 11.8 Å². The standard InChI is InChI=1S/C22H17ClN6O3/c23-15-3-1-4-16(13-15)29-7-6-17(26-29)21(30)27-8-10-28(11-9-27)22-18(14-24)25-20(32-22)19-5-2-12-31-19/h1-7,12-13H,8-11H2. The third-order valence-corrected chi connectivity index (χ3v) is 5.42. The molecule has 1 amide bonds. The van der Waals surface area contributed by atoms with Gasteiger partial charge in [0.15, 0.2) is 11.5 Å². The number of amides is 1. The number of halogens is 1. The molecule has 0 aliphatic carbocycles. The zero-order valence-corrected chi connectivity index (χ0v) is 17.6. The molecule has 4 heterocycles. The van der Waals surface area contributed by atoms with Crippen LogP contribution in [0.25, 0.3) is 17.3 Å². The van der Waals surface area contributed by atoms with Crippen LogP contribution >= 0.6 is 11.6 Å². The van der Waals surface area contributed by atoms with Crippen LogP contribution in [-0.2, 0) is 0 Å². The van der Waals surface area contributed by atoms with Crippen LogP contribution in [0.5, 0.6) is 0 Å². The van der Waals surface area contributed by atoms with Gasteiger partial charge in [-0.05, 0) is 36.4 Å². The molecule has 4 aromatic rings. The van der Waals surface area contributed by atoms with Crippen molar-refractivity contribution in [2.24, 2.45) is 0 Å². The molecule has 0 N–H and O–H groups in total. The maximum absolute atomic E-state index is 12.9. The summed E-state index contributed by atoms with van der Waals surface area (Å²) in [5.41, 5.74) is 1.33. The number of oxazole rings is 1. The summed E-state index contributed by atoms with van der Waals surface area (Å²) in [5.74, 6) is 0.944. The van der Waals surface area contributed by atoms with Gasteiger partial charge in [-0.1, -0.05) is 17.7 Å². The summed E-state index contributed by atoms with van der Waals surface area (Å²) < 4.78 is 12.7. The number of anilines is 1. The van der Waals surface area contributed by atoms with Crippen molar-refractivity contribution in [1.29, 1.82) is 5.26 Å². The summed E-state index contributed by atoms with van der Waals surface area (Å²) >= 11 is 6.04. The first-order valence-electron chi connectivity index (χ1n) is 9.93. The fraction of sp³-hybridized carbons (Fsp3) is 0.182. The van der Waals surface area contributed by atoms with E-state index in [1.807, 2.05) is 17.0 Å². The molecular weight excluding hydrogens is 432 g/mol. The number of hydrogen-bond acceptors (Lipinski definition) is 7. The lowest BCUT2D eigenvalue weighted by atomic mass is 10.2. The van der Waals surface area contributed by atoms with Crippen molar-refractivity contribution in [3.63, 3.8) is 0 Å². The fourth-order valence-electron chi connectivity index (χ4n) is 3.58. The summed E-state index contributed by atoms with van der Waals surface area (Å²) in [6, 6.07) is 14.5. The van der Waals surface area contributed by atoms with Crippen LogP contribution in [0, 0.1) is 11.3 Å². The number of carbonyl (C=O) groups is 1. The minimum absolute atomic E-state index is 0.153. The van der Waals surface area contributed by atoms with Crippen molar-refractivity contribution in [2.45, 2.75) is 0 Å². The van der Waals surface area contributed by atoms with Crippen LogP contribution in [0.4, 0.5) is 5.88 Å². The molecule has 0 atom stereocenters. The minimum atomic E-state index is -0.153. The quantitative estimate of drug-likeness (QED) is 0.469. The lowest BCUT2D eigenvalue weighted by Gasteiger charge is -2.34. The number of hydrogen-bond donors (Lipinski definition) is 0. The normalized spacial score (nSPS) is 13.9. The van der Waals surface area contributed by atoms with Crippen LogP contribution in [-0.4, -0.2) is 51.8 Å². The second-order valence-electron chi connectivity index (χ2n) is 7.17. The van der Waals surface area contributed by atoms with E-state index in [0.29, 0.717) is 48.5 Å². The number of nitriles is 1. The maximum Gasteiger partial charge on any atom is 0.274 e. The smallest absolute Gasteiger partial charge is 0.274 e. The molecule has 3 aromatic heterocycles. The Kier molecular flexibility index (Phi) is 5.13. The summed E-state index contributed by atoms with van der Waals surface area (Å²) in [5, 5.41) is 14.5. The first-order valence-corrected chi connectivity index (χ1v) is 10.3. The Balaban J connectivity index is 1.27. The number of carbonyl (C=O) groups excluding carboxylic acids is 1. The Morgan fingerprint density at radius 3 is 2.69 bits per heavy atom. The summed E-state index contributed by atoms with van der Waals surface area (Å²) in [7, 11) is 0. The van der Waals surface area contributed by atoms with Crippen molar-refractivity contribution < 1.29 is 13.6 Å². The van der Waals surface area contributed by atoms with Gasteiger partial charge in [0.1, 0.15) is 6.07 Å². The SMILES string of the molecule is N#Cc1nc(-c2ccco2)oc1N1CCN(C(=O)c2ccn(-c3cccc(Cl)c3)n2)CC1. The lowest BCUT2D eigenvalue weighted by Crippen LogP contribution is -2.49. The molecule has 0 radical (unpaired) electrons. The van der Waals surface area contributed by atoms with E-state index in [-0.39, 0.29) is 17.5 Å². The number of aromatic nitrogens is 3. The first kappa shape index (κ1) is 19.9. The molecule has 1 aromatic carbocycles. The van der Waals surface area contributed by atoms with Gasteiger partial charge in [-0.3, -0.25) is 4.79 Å². The highest BCUT2D eigenvalue weighted by Crippen LogP contribution is 2.29. The Hall–Kier alpha value is -4.03. The number of nitrogens with zero attached hydrogens (tertiary/aromatic N) is 6. The second-order valence-corrected chi connectivity index (χ2v) is 7.60. The Labute approximate surface area is 188 Å². The van der Waals surface area contributed by atoms with Gasteiger partial charge >= 0.3 is 0 Å². The van der Waals surface area contributed by atoms with Crippen LogP contribution in [0.15, 0.2) is 63.8 Å². The van der Waals surface area contributed by atoms with Crippen LogP contribution in [0.3, 0.4) is 0 Å². The van der Waals surface area contributed by atoms with Crippen molar-refractivity contribution in [1.82, 2.24) is 19.7 Å². The average molecular weight is 449 g/mol. The minimum Gasteiger partial charge on any atom is -0.459 e. The van der Waals surface area contributed by atoms with E-state index < -0.39 is 0 Å². The number of piperazine rings is 1. The van der Waals surface area contributed by atoms with E-state index >= 15 is 0 Å². The molecule has 10 heteroatoms. The number of rotatable bonds is 4. The van der Waals surface area contributed by atoms with Crippen LogP contribution < -0.4 is 4.90 Å². The molecule has 5 rings (SSSR count). The van der Waals surface area contributed by atoms with E-state index in [9.17, 15) is 10.1 Å². The highest BCUT2D eigenvalue weighted by molar-refractivity contribution is 6.30. The number of benzene rings is 1. The fourth-order valence-corrected chi connectivity index (χ4v) is 3.76. The molecule has 32 heavy (non-hydrogen) atoms. The number of furan rings is 1. The molecule has 0 bridgehead atoms. The molecule has 0 unspecified atom stereocenters. The predicted molar refractivity (Wildman–Crippen MR) is 116 cm³/mol. The van der Waals surface area contributed by atoms with Gasteiger partial charge < -0.3 is 18.6 Å². The van der Waals surface area contributed by atoms with E-state index in [1.165, 1.54) is 6.26 Å². The van der Waals surface area contributed by atoms with Crippen LogP contribution in [0.2, 0.25) is 5.02 Å². The Morgan fingerprint density at radius 1 is 1.12 bits per heavy atom. The summed E-state index contributed by atoms with van der Waals surface area (Å²) in [4.78, 5) is 20.8. The predicted octanol–water partition coefficient (Wildman–Crippen LogP) is 3.61. The largest absolute Gasteiger partial charge is 0.459 e. The Morgan fingerprint density at radius 2 is 1.97 bits per heavy atom. The second kappa shape index (κ2) is 8.24. The van der Waals surface area contributed by atoms with Gasteiger partial charge in [0.2, 0.25) is 11.6 Å². The zero-order valence-electron chi connectivity index (χ0n) is 16.8.